The number of aromatic amines is 1. The van der Waals surface area contributed by atoms with Gasteiger partial charge in [0, 0.05) is 26.2 Å². The minimum Gasteiger partial charge on any atom is -0.342 e. The third kappa shape index (κ3) is 3.35. The highest BCUT2D eigenvalue weighted by molar-refractivity contribution is 7.20. The molecule has 4 heterocycles. The largest absolute Gasteiger partial charge is 0.342 e. The SMILES string of the molecule is Cc1c(C(=O)N2CCC3(CCN(CCc4ccccc4)C3=O)C2)sc2nc[nH]c(=O)c12. The fraction of sp³-hybridized carbons (Fsp3) is 0.391. The van der Waals surface area contributed by atoms with Gasteiger partial charge in [0.1, 0.15) is 4.83 Å². The molecule has 3 aromatic rings. The predicted octanol–water partition coefficient (Wildman–Crippen LogP) is 2.60. The molecule has 2 saturated heterocycles. The number of nitrogens with one attached hydrogen (secondary N) is 1. The van der Waals surface area contributed by atoms with Crippen LogP contribution in [0.3, 0.4) is 0 Å². The zero-order valence-corrected chi connectivity index (χ0v) is 18.2. The monoisotopic (exact) mass is 436 g/mol. The van der Waals surface area contributed by atoms with Crippen LogP contribution in [-0.2, 0) is 11.2 Å². The average Bonchev–Trinajstić information content (AvgIpc) is 3.45. The smallest absolute Gasteiger partial charge is 0.264 e. The zero-order valence-electron chi connectivity index (χ0n) is 17.4. The van der Waals surface area contributed by atoms with Crippen molar-refractivity contribution in [1.82, 2.24) is 19.8 Å². The molecule has 2 fully saturated rings. The molecule has 1 spiro atoms. The van der Waals surface area contributed by atoms with Gasteiger partial charge in [0.05, 0.1) is 22.0 Å². The molecule has 7 nitrogen and oxygen atoms in total. The second kappa shape index (κ2) is 7.60. The Bertz CT molecular complexity index is 1220. The highest BCUT2D eigenvalue weighted by Gasteiger charge is 2.51. The number of carbonyl (C=O) groups excluding carboxylic acids is 2. The van der Waals surface area contributed by atoms with Crippen LogP contribution in [0.25, 0.3) is 10.2 Å². The summed E-state index contributed by atoms with van der Waals surface area (Å²) in [4.78, 5) is 50.3. The molecule has 2 amide bonds. The van der Waals surface area contributed by atoms with Gasteiger partial charge in [-0.15, -0.1) is 11.3 Å². The van der Waals surface area contributed by atoms with Crippen LogP contribution in [0.1, 0.15) is 33.6 Å². The molecule has 0 radical (unpaired) electrons. The Labute approximate surface area is 183 Å². The molecule has 0 saturated carbocycles. The van der Waals surface area contributed by atoms with Crippen molar-refractivity contribution in [3.8, 4) is 0 Å². The molecule has 2 aromatic heterocycles. The lowest BCUT2D eigenvalue weighted by molar-refractivity contribution is -0.135. The second-order valence-electron chi connectivity index (χ2n) is 8.50. The lowest BCUT2D eigenvalue weighted by Gasteiger charge is -2.23. The summed E-state index contributed by atoms with van der Waals surface area (Å²) in [7, 11) is 0. The minimum atomic E-state index is -0.466. The summed E-state index contributed by atoms with van der Waals surface area (Å²) < 4.78 is 0. The third-order valence-electron chi connectivity index (χ3n) is 6.68. The lowest BCUT2D eigenvalue weighted by atomic mass is 9.85. The summed E-state index contributed by atoms with van der Waals surface area (Å²) in [6.07, 6.45) is 3.69. The summed E-state index contributed by atoms with van der Waals surface area (Å²) in [5.41, 5.74) is 1.20. The topological polar surface area (TPSA) is 86.4 Å². The van der Waals surface area contributed by atoms with Gasteiger partial charge in [-0.25, -0.2) is 4.98 Å². The molecule has 1 aromatic carbocycles. The van der Waals surface area contributed by atoms with E-state index in [0.29, 0.717) is 46.7 Å². The normalized spacial score (nSPS) is 21.0. The summed E-state index contributed by atoms with van der Waals surface area (Å²) >= 11 is 1.25. The molecule has 8 heteroatoms. The first-order chi connectivity index (χ1) is 15.0. The fourth-order valence-electron chi connectivity index (χ4n) is 4.87. The van der Waals surface area contributed by atoms with Crippen LogP contribution in [0, 0.1) is 12.3 Å². The van der Waals surface area contributed by atoms with E-state index in [0.717, 1.165) is 19.4 Å². The maximum atomic E-state index is 13.3. The highest BCUT2D eigenvalue weighted by Crippen LogP contribution is 2.42. The molecule has 0 bridgehead atoms. The van der Waals surface area contributed by atoms with E-state index in [9.17, 15) is 14.4 Å². The van der Waals surface area contributed by atoms with Crippen molar-refractivity contribution in [3.05, 3.63) is 63.0 Å². The lowest BCUT2D eigenvalue weighted by Crippen LogP contribution is -2.39. The highest BCUT2D eigenvalue weighted by atomic mass is 32.1. The van der Waals surface area contributed by atoms with Crippen molar-refractivity contribution in [3.63, 3.8) is 0 Å². The maximum Gasteiger partial charge on any atom is 0.264 e. The van der Waals surface area contributed by atoms with Gasteiger partial charge in [0.15, 0.2) is 0 Å². The Morgan fingerprint density at radius 1 is 1.19 bits per heavy atom. The van der Waals surface area contributed by atoms with Gasteiger partial charge in [-0.1, -0.05) is 30.3 Å². The Kier molecular flexibility index (Phi) is 4.89. The molecule has 1 N–H and O–H groups in total. The Morgan fingerprint density at radius 2 is 1.97 bits per heavy atom. The summed E-state index contributed by atoms with van der Waals surface area (Å²) in [6.45, 7) is 4.26. The van der Waals surface area contributed by atoms with E-state index >= 15 is 0 Å². The Morgan fingerprint density at radius 3 is 2.74 bits per heavy atom. The summed E-state index contributed by atoms with van der Waals surface area (Å²) in [6, 6.07) is 10.2. The van der Waals surface area contributed by atoms with Gasteiger partial charge in [-0.3, -0.25) is 14.4 Å². The number of amides is 2. The zero-order chi connectivity index (χ0) is 21.6. The van der Waals surface area contributed by atoms with Crippen molar-refractivity contribution < 1.29 is 9.59 Å². The van der Waals surface area contributed by atoms with Gasteiger partial charge in [-0.05, 0) is 37.3 Å². The maximum absolute atomic E-state index is 13.3. The van der Waals surface area contributed by atoms with E-state index < -0.39 is 5.41 Å². The van der Waals surface area contributed by atoms with Crippen LogP contribution in [0.15, 0.2) is 41.5 Å². The molecule has 160 valence electrons. The van der Waals surface area contributed by atoms with Crippen LogP contribution < -0.4 is 5.56 Å². The second-order valence-corrected chi connectivity index (χ2v) is 9.50. The summed E-state index contributed by atoms with van der Waals surface area (Å²) in [5.74, 6) is 0.0669. The minimum absolute atomic E-state index is 0.104. The van der Waals surface area contributed by atoms with Gasteiger partial charge < -0.3 is 14.8 Å². The van der Waals surface area contributed by atoms with Crippen LogP contribution in [0.2, 0.25) is 0 Å². The molecule has 0 aliphatic carbocycles. The number of likely N-dealkylation sites (tertiary alicyclic amines) is 2. The predicted molar refractivity (Wildman–Crippen MR) is 119 cm³/mol. The van der Waals surface area contributed by atoms with Gasteiger partial charge >= 0.3 is 0 Å². The van der Waals surface area contributed by atoms with Crippen molar-refractivity contribution in [2.24, 2.45) is 5.41 Å². The number of hydrogen-bond acceptors (Lipinski definition) is 5. The molecule has 1 atom stereocenters. The van der Waals surface area contributed by atoms with Gasteiger partial charge in [0.2, 0.25) is 5.91 Å². The number of H-pyrrole nitrogens is 1. The molecule has 5 rings (SSSR count). The molecule has 2 aliphatic heterocycles. The standard InChI is InChI=1S/C23H24N4O3S/c1-15-17-19(28)24-14-25-20(17)31-18(15)21(29)27-12-9-23(13-27)8-11-26(22(23)30)10-7-16-5-3-2-4-6-16/h2-6,14H,7-13H2,1H3,(H,24,25,28). The van der Waals surface area contributed by atoms with E-state index in [2.05, 4.69) is 22.1 Å². The molecular formula is C23H24N4O3S. The molecule has 31 heavy (non-hydrogen) atoms. The van der Waals surface area contributed by atoms with Crippen LogP contribution in [0.5, 0.6) is 0 Å². The number of thiophene rings is 1. The van der Waals surface area contributed by atoms with Crippen molar-refractivity contribution >= 4 is 33.4 Å². The van der Waals surface area contributed by atoms with E-state index in [1.165, 1.54) is 23.2 Å². The van der Waals surface area contributed by atoms with Crippen LogP contribution in [0.4, 0.5) is 0 Å². The first-order valence-electron chi connectivity index (χ1n) is 10.6. The number of hydrogen-bond donors (Lipinski definition) is 1. The number of rotatable bonds is 4. The van der Waals surface area contributed by atoms with E-state index in [1.54, 1.807) is 11.8 Å². The Hall–Kier alpha value is -3.00. The number of nitrogens with zero attached hydrogens (tertiary/aromatic N) is 3. The molecular weight excluding hydrogens is 412 g/mol. The number of benzene rings is 1. The van der Waals surface area contributed by atoms with Crippen molar-refractivity contribution in [2.75, 3.05) is 26.2 Å². The van der Waals surface area contributed by atoms with Crippen LogP contribution >= 0.6 is 11.3 Å². The van der Waals surface area contributed by atoms with E-state index in [4.69, 9.17) is 0 Å². The van der Waals surface area contributed by atoms with Gasteiger partial charge in [0.25, 0.3) is 11.5 Å². The van der Waals surface area contributed by atoms with Gasteiger partial charge in [-0.2, -0.15) is 0 Å². The molecule has 1 unspecified atom stereocenters. The number of aromatic nitrogens is 2. The number of carbonyl (C=O) groups is 2. The molecule has 2 aliphatic rings. The van der Waals surface area contributed by atoms with E-state index in [1.807, 2.05) is 23.1 Å². The average molecular weight is 437 g/mol. The first kappa shape index (κ1) is 19.9. The van der Waals surface area contributed by atoms with Crippen molar-refractivity contribution in [1.29, 1.82) is 0 Å². The first-order valence-corrected chi connectivity index (χ1v) is 11.4. The van der Waals surface area contributed by atoms with Crippen LogP contribution in [-0.4, -0.2) is 57.8 Å². The number of aryl methyl sites for hydroxylation is 1. The summed E-state index contributed by atoms with van der Waals surface area (Å²) in [5, 5.41) is 0.480. The van der Waals surface area contributed by atoms with E-state index in [-0.39, 0.29) is 17.4 Å². The van der Waals surface area contributed by atoms with Crippen molar-refractivity contribution in [2.45, 2.75) is 26.2 Å². The quantitative estimate of drug-likeness (QED) is 0.681. The third-order valence-corrected chi connectivity index (χ3v) is 7.87. The Balaban J connectivity index is 1.30. The fourth-order valence-corrected chi connectivity index (χ4v) is 5.98. The number of fused-ring (bicyclic) bond motifs is 1.